The molecule has 5 nitrogen and oxygen atoms in total. The molecule has 0 amide bonds. The highest BCUT2D eigenvalue weighted by atomic mass is 19.1. The van der Waals surface area contributed by atoms with Gasteiger partial charge in [-0.15, -0.1) is 0 Å². The van der Waals surface area contributed by atoms with Crippen molar-refractivity contribution in [2.24, 2.45) is 0 Å². The van der Waals surface area contributed by atoms with Gasteiger partial charge in [0.2, 0.25) is 0 Å². The summed E-state index contributed by atoms with van der Waals surface area (Å²) in [6.07, 6.45) is 0.733. The average molecular weight is 356 g/mol. The molecule has 26 heavy (non-hydrogen) atoms. The number of fused-ring (bicyclic) bond motifs is 2. The molecule has 0 saturated carbocycles. The quantitative estimate of drug-likeness (QED) is 0.663. The Kier molecular flexibility index (Phi) is 4.34. The van der Waals surface area contributed by atoms with Gasteiger partial charge in [-0.05, 0) is 36.2 Å². The van der Waals surface area contributed by atoms with Crippen LogP contribution in [-0.4, -0.2) is 6.79 Å². The number of benzene rings is 2. The lowest BCUT2D eigenvalue weighted by Gasteiger charge is -2.21. The van der Waals surface area contributed by atoms with Crippen LogP contribution in [0.15, 0.2) is 45.6 Å². The molecule has 0 aliphatic carbocycles. The maximum absolute atomic E-state index is 13.8. The third-order valence-electron chi connectivity index (χ3n) is 4.33. The van der Waals surface area contributed by atoms with Crippen molar-refractivity contribution in [3.63, 3.8) is 0 Å². The first-order chi connectivity index (χ1) is 12.6. The van der Waals surface area contributed by atoms with E-state index < -0.39 is 0 Å². The summed E-state index contributed by atoms with van der Waals surface area (Å²) in [6.45, 7) is 2.55. The van der Waals surface area contributed by atoms with E-state index in [1.807, 2.05) is 13.0 Å². The molecule has 0 atom stereocenters. The number of hydrogen-bond acceptors (Lipinski definition) is 5. The van der Waals surface area contributed by atoms with Crippen LogP contribution >= 0.6 is 0 Å². The van der Waals surface area contributed by atoms with Gasteiger partial charge < -0.3 is 18.6 Å². The molecule has 0 bridgehead atoms. The van der Waals surface area contributed by atoms with Gasteiger partial charge >= 0.3 is 5.63 Å². The number of ether oxygens (including phenoxy) is 3. The summed E-state index contributed by atoms with van der Waals surface area (Å²) < 4.78 is 35.5. The van der Waals surface area contributed by atoms with Gasteiger partial charge in [-0.3, -0.25) is 0 Å². The lowest BCUT2D eigenvalue weighted by molar-refractivity contribution is -0.0178. The average Bonchev–Trinajstić information content (AvgIpc) is 2.64. The molecule has 2 aromatic carbocycles. The molecule has 134 valence electrons. The van der Waals surface area contributed by atoms with Gasteiger partial charge in [0.1, 0.15) is 29.5 Å². The zero-order valence-electron chi connectivity index (χ0n) is 14.2. The van der Waals surface area contributed by atoms with Crippen molar-refractivity contribution >= 4 is 11.0 Å². The van der Waals surface area contributed by atoms with Crippen molar-refractivity contribution in [2.75, 3.05) is 6.79 Å². The van der Waals surface area contributed by atoms with Crippen LogP contribution in [0.2, 0.25) is 0 Å². The summed E-state index contributed by atoms with van der Waals surface area (Å²) >= 11 is 0. The molecular weight excluding hydrogens is 339 g/mol. The van der Waals surface area contributed by atoms with E-state index in [0.29, 0.717) is 34.8 Å². The summed E-state index contributed by atoms with van der Waals surface area (Å²) in [7, 11) is 0. The fourth-order valence-corrected chi connectivity index (χ4v) is 3.12. The minimum Gasteiger partial charge on any atom is -0.489 e. The summed E-state index contributed by atoms with van der Waals surface area (Å²) in [6, 6.07) is 9.62. The van der Waals surface area contributed by atoms with Crippen molar-refractivity contribution in [2.45, 2.75) is 26.6 Å². The van der Waals surface area contributed by atoms with Crippen molar-refractivity contribution in [3.05, 3.63) is 69.3 Å². The summed E-state index contributed by atoms with van der Waals surface area (Å²) in [5.74, 6) is 0.755. The smallest absolute Gasteiger partial charge is 0.336 e. The third kappa shape index (κ3) is 3.15. The van der Waals surface area contributed by atoms with Gasteiger partial charge in [0, 0.05) is 28.6 Å². The Morgan fingerprint density at radius 3 is 2.88 bits per heavy atom. The highest BCUT2D eigenvalue weighted by molar-refractivity contribution is 5.81. The Balaban J connectivity index is 1.63. The lowest BCUT2D eigenvalue weighted by Crippen LogP contribution is -2.14. The summed E-state index contributed by atoms with van der Waals surface area (Å²) in [4.78, 5) is 11.7. The monoisotopic (exact) mass is 356 g/mol. The van der Waals surface area contributed by atoms with Crippen molar-refractivity contribution in [1.29, 1.82) is 0 Å². The Morgan fingerprint density at radius 2 is 2.04 bits per heavy atom. The minimum atomic E-state index is -0.390. The van der Waals surface area contributed by atoms with E-state index in [4.69, 9.17) is 18.6 Å². The van der Waals surface area contributed by atoms with Gasteiger partial charge in [0.15, 0.2) is 6.79 Å². The second-order valence-electron chi connectivity index (χ2n) is 6.05. The zero-order chi connectivity index (χ0) is 18.1. The minimum absolute atomic E-state index is 0.128. The van der Waals surface area contributed by atoms with Crippen LogP contribution < -0.4 is 15.1 Å². The van der Waals surface area contributed by atoms with E-state index >= 15 is 0 Å². The van der Waals surface area contributed by atoms with Gasteiger partial charge in [-0.2, -0.15) is 0 Å². The fraction of sp³-hybridized carbons (Fsp3) is 0.250. The van der Waals surface area contributed by atoms with Gasteiger partial charge in [0.05, 0.1) is 6.61 Å². The van der Waals surface area contributed by atoms with Crippen LogP contribution in [0.4, 0.5) is 4.39 Å². The van der Waals surface area contributed by atoms with Crippen molar-refractivity contribution < 1.29 is 23.0 Å². The lowest BCUT2D eigenvalue weighted by atomic mass is 10.1. The molecular formula is C20H17FO5. The van der Waals surface area contributed by atoms with Crippen molar-refractivity contribution in [1.82, 2.24) is 0 Å². The molecule has 3 aromatic rings. The zero-order valence-corrected chi connectivity index (χ0v) is 14.2. The fourth-order valence-electron chi connectivity index (χ4n) is 3.12. The van der Waals surface area contributed by atoms with E-state index in [1.165, 1.54) is 18.2 Å². The number of rotatable bonds is 4. The van der Waals surface area contributed by atoms with E-state index in [1.54, 1.807) is 12.1 Å². The van der Waals surface area contributed by atoms with E-state index in [-0.39, 0.29) is 24.8 Å². The van der Waals surface area contributed by atoms with Crippen LogP contribution in [0.25, 0.3) is 11.0 Å². The number of aryl methyl sites for hydroxylation is 1. The maximum atomic E-state index is 13.8. The van der Waals surface area contributed by atoms with E-state index in [0.717, 1.165) is 17.4 Å². The first kappa shape index (κ1) is 16.6. The SMILES string of the molecule is CCc1cc(=O)oc2cc(OCc3cc(F)cc4c3OCOC4)ccc12. The van der Waals surface area contributed by atoms with Crippen LogP contribution in [0.5, 0.6) is 11.5 Å². The largest absolute Gasteiger partial charge is 0.489 e. The van der Waals surface area contributed by atoms with Crippen LogP contribution in [-0.2, 0) is 24.4 Å². The number of hydrogen-bond donors (Lipinski definition) is 0. The first-order valence-electron chi connectivity index (χ1n) is 8.35. The maximum Gasteiger partial charge on any atom is 0.336 e. The molecule has 0 unspecified atom stereocenters. The first-order valence-corrected chi connectivity index (χ1v) is 8.35. The highest BCUT2D eigenvalue weighted by Gasteiger charge is 2.17. The Bertz CT molecular complexity index is 1020. The van der Waals surface area contributed by atoms with Crippen molar-refractivity contribution in [3.8, 4) is 11.5 Å². The van der Waals surface area contributed by atoms with Gasteiger partial charge in [-0.25, -0.2) is 9.18 Å². The molecule has 0 N–H and O–H groups in total. The molecule has 0 fully saturated rings. The Labute approximate surface area is 148 Å². The summed E-state index contributed by atoms with van der Waals surface area (Å²) in [5.41, 5.74) is 2.27. The topological polar surface area (TPSA) is 57.9 Å². The molecule has 0 spiro atoms. The molecule has 1 aromatic heterocycles. The molecule has 0 saturated heterocycles. The van der Waals surface area contributed by atoms with E-state index in [2.05, 4.69) is 0 Å². The molecule has 2 heterocycles. The third-order valence-corrected chi connectivity index (χ3v) is 4.33. The number of halogens is 1. The van der Waals surface area contributed by atoms with Gasteiger partial charge in [0.25, 0.3) is 0 Å². The molecule has 0 radical (unpaired) electrons. The van der Waals surface area contributed by atoms with E-state index in [9.17, 15) is 9.18 Å². The Hall–Kier alpha value is -2.86. The van der Waals surface area contributed by atoms with Gasteiger partial charge in [-0.1, -0.05) is 6.92 Å². The summed E-state index contributed by atoms with van der Waals surface area (Å²) in [5, 5.41) is 0.878. The highest BCUT2D eigenvalue weighted by Crippen LogP contribution is 2.31. The molecule has 1 aliphatic heterocycles. The van der Waals surface area contributed by atoms with Crippen LogP contribution in [0.3, 0.4) is 0 Å². The standard InChI is InChI=1S/C20H17FO5/c1-2-12-7-19(22)26-18-8-16(3-4-17(12)18)24-10-14-6-15(21)5-13-9-23-11-25-20(13)14/h3-8H,2,9-11H2,1H3. The molecule has 1 aliphatic rings. The predicted octanol–water partition coefficient (Wildman–Crippen LogP) is 3.94. The molecule has 4 rings (SSSR count). The normalized spacial score (nSPS) is 13.3. The van der Waals surface area contributed by atoms with Crippen LogP contribution in [0, 0.1) is 5.82 Å². The molecule has 6 heteroatoms. The van der Waals surface area contributed by atoms with Crippen LogP contribution in [0.1, 0.15) is 23.6 Å². The second-order valence-corrected chi connectivity index (χ2v) is 6.05. The Morgan fingerprint density at radius 1 is 1.15 bits per heavy atom. The second kappa shape index (κ2) is 6.80. The predicted molar refractivity (Wildman–Crippen MR) is 92.9 cm³/mol.